The molecule has 0 spiro atoms. The molecule has 1 aromatic carbocycles. The average Bonchev–Trinajstić information content (AvgIpc) is 3.04. The van der Waals surface area contributed by atoms with E-state index in [9.17, 15) is 19.8 Å². The van der Waals surface area contributed by atoms with E-state index >= 15 is 0 Å². The molecule has 1 saturated heterocycles. The van der Waals surface area contributed by atoms with Gasteiger partial charge in [0.05, 0.1) is 29.7 Å². The van der Waals surface area contributed by atoms with Gasteiger partial charge in [0.1, 0.15) is 0 Å². The fourth-order valence-corrected chi connectivity index (χ4v) is 4.48. The maximum Gasteiger partial charge on any atom is 0.238 e. The second kappa shape index (κ2) is 4.29. The molecule has 4 rings (SSSR count). The number of fused-ring (bicyclic) bond motifs is 5. The van der Waals surface area contributed by atoms with Gasteiger partial charge in [0.15, 0.2) is 0 Å². The number of rotatable bonds is 1. The van der Waals surface area contributed by atoms with E-state index in [2.05, 4.69) is 0 Å². The molecule has 2 saturated carbocycles. The Bertz CT molecular complexity index is 616. The smallest absolute Gasteiger partial charge is 0.238 e. The van der Waals surface area contributed by atoms with Crippen molar-refractivity contribution in [1.29, 1.82) is 0 Å². The summed E-state index contributed by atoms with van der Waals surface area (Å²) < 4.78 is 0. The number of amides is 2. The molecule has 5 nitrogen and oxygen atoms in total. The Balaban J connectivity index is 1.75. The molecule has 2 aliphatic carbocycles. The summed E-state index contributed by atoms with van der Waals surface area (Å²) in [4.78, 5) is 26.4. The normalized spacial score (nSPS) is 41.0. The van der Waals surface area contributed by atoms with Crippen molar-refractivity contribution in [2.24, 2.45) is 23.7 Å². The first-order valence-electron chi connectivity index (χ1n) is 7.00. The summed E-state index contributed by atoms with van der Waals surface area (Å²) in [6.07, 6.45) is -1.28. The predicted molar refractivity (Wildman–Crippen MR) is 74.5 cm³/mol. The number of aliphatic hydroxyl groups is 2. The third-order valence-electron chi connectivity index (χ3n) is 5.16. The van der Waals surface area contributed by atoms with Crippen LogP contribution >= 0.6 is 11.6 Å². The molecule has 0 unspecified atom stereocenters. The van der Waals surface area contributed by atoms with Gasteiger partial charge in [0.2, 0.25) is 11.8 Å². The largest absolute Gasteiger partial charge is 0.390 e. The standard InChI is InChI=1S/C15H14ClNO4/c16-6-2-1-3-7(4-6)17-14(20)10-8-5-9(11(10)15(17)21)13(19)12(8)18/h1-4,8-13,18-19H,5H2/t8-,9-,10-,11-,12+,13+/m1/s1. The van der Waals surface area contributed by atoms with Crippen LogP contribution in [-0.4, -0.2) is 34.2 Å². The molecule has 1 aliphatic heterocycles. The molecule has 21 heavy (non-hydrogen) atoms. The van der Waals surface area contributed by atoms with Crippen molar-refractivity contribution in [1.82, 2.24) is 0 Å². The molecule has 2 bridgehead atoms. The summed E-state index contributed by atoms with van der Waals surface area (Å²) in [6, 6.07) is 6.60. The van der Waals surface area contributed by atoms with Gasteiger partial charge in [-0.05, 0) is 24.6 Å². The fraction of sp³-hybridized carbons (Fsp3) is 0.467. The first-order valence-corrected chi connectivity index (χ1v) is 7.38. The minimum absolute atomic E-state index is 0.286. The minimum Gasteiger partial charge on any atom is -0.390 e. The minimum atomic E-state index is -0.910. The predicted octanol–water partition coefficient (Wildman–Crippen LogP) is 0.817. The van der Waals surface area contributed by atoms with Crippen molar-refractivity contribution in [2.45, 2.75) is 18.6 Å². The number of carbonyl (C=O) groups is 2. The van der Waals surface area contributed by atoms with Gasteiger partial charge in [-0.15, -0.1) is 0 Å². The number of hydrogen-bond donors (Lipinski definition) is 2. The number of carbonyl (C=O) groups excluding carboxylic acids is 2. The zero-order chi connectivity index (χ0) is 14.9. The molecule has 1 heterocycles. The van der Waals surface area contributed by atoms with Crippen LogP contribution in [0.1, 0.15) is 6.42 Å². The summed E-state index contributed by atoms with van der Waals surface area (Å²) in [7, 11) is 0. The van der Waals surface area contributed by atoms with Crippen molar-refractivity contribution in [3.63, 3.8) is 0 Å². The second-order valence-corrected chi connectivity index (χ2v) is 6.52. The van der Waals surface area contributed by atoms with Crippen LogP contribution in [-0.2, 0) is 9.59 Å². The lowest BCUT2D eigenvalue weighted by molar-refractivity contribution is -0.129. The molecule has 6 heteroatoms. The first-order chi connectivity index (χ1) is 10.0. The highest BCUT2D eigenvalue weighted by molar-refractivity contribution is 6.31. The quantitative estimate of drug-likeness (QED) is 0.753. The van der Waals surface area contributed by atoms with Gasteiger partial charge in [-0.25, -0.2) is 4.90 Å². The number of anilines is 1. The van der Waals surface area contributed by atoms with Crippen molar-refractivity contribution in [3.8, 4) is 0 Å². The lowest BCUT2D eigenvalue weighted by Crippen LogP contribution is -2.43. The van der Waals surface area contributed by atoms with Crippen LogP contribution < -0.4 is 4.90 Å². The molecule has 2 N–H and O–H groups in total. The Hall–Kier alpha value is -1.43. The van der Waals surface area contributed by atoms with Gasteiger partial charge >= 0.3 is 0 Å². The van der Waals surface area contributed by atoms with Gasteiger partial charge in [-0.2, -0.15) is 0 Å². The lowest BCUT2D eigenvalue weighted by atomic mass is 9.78. The Kier molecular flexibility index (Phi) is 2.70. The van der Waals surface area contributed by atoms with E-state index in [1.807, 2.05) is 0 Å². The van der Waals surface area contributed by atoms with Crippen LogP contribution in [0.15, 0.2) is 24.3 Å². The Morgan fingerprint density at radius 1 is 1.05 bits per heavy atom. The van der Waals surface area contributed by atoms with Crippen LogP contribution in [0.4, 0.5) is 5.69 Å². The summed E-state index contributed by atoms with van der Waals surface area (Å²) in [5.41, 5.74) is 0.454. The van der Waals surface area contributed by atoms with Gasteiger partial charge in [0.25, 0.3) is 0 Å². The number of hydrogen-bond acceptors (Lipinski definition) is 4. The highest BCUT2D eigenvalue weighted by atomic mass is 35.5. The number of nitrogens with zero attached hydrogens (tertiary/aromatic N) is 1. The van der Waals surface area contributed by atoms with E-state index < -0.39 is 24.0 Å². The molecule has 2 amide bonds. The third-order valence-corrected chi connectivity index (χ3v) is 5.39. The van der Waals surface area contributed by atoms with Crippen molar-refractivity contribution in [3.05, 3.63) is 29.3 Å². The van der Waals surface area contributed by atoms with Crippen LogP contribution in [0.3, 0.4) is 0 Å². The van der Waals surface area contributed by atoms with Crippen molar-refractivity contribution < 1.29 is 19.8 Å². The van der Waals surface area contributed by atoms with Crippen LogP contribution in [0, 0.1) is 23.7 Å². The maximum atomic E-state index is 12.6. The number of benzene rings is 1. The Labute approximate surface area is 126 Å². The van der Waals surface area contributed by atoms with Gasteiger partial charge < -0.3 is 10.2 Å². The molecule has 0 radical (unpaired) electrons. The molecular formula is C15H14ClNO4. The molecule has 0 aromatic heterocycles. The summed E-state index contributed by atoms with van der Waals surface area (Å²) in [5, 5.41) is 20.4. The topological polar surface area (TPSA) is 77.8 Å². The van der Waals surface area contributed by atoms with E-state index in [0.717, 1.165) is 4.90 Å². The first kappa shape index (κ1) is 13.2. The highest BCUT2D eigenvalue weighted by Gasteiger charge is 2.67. The molecule has 110 valence electrons. The third kappa shape index (κ3) is 1.59. The monoisotopic (exact) mass is 307 g/mol. The number of imide groups is 1. The van der Waals surface area contributed by atoms with E-state index in [-0.39, 0.29) is 23.7 Å². The van der Waals surface area contributed by atoms with Gasteiger partial charge in [-0.3, -0.25) is 9.59 Å². The summed E-state index contributed by atoms with van der Waals surface area (Å²) in [5.74, 6) is -2.25. The summed E-state index contributed by atoms with van der Waals surface area (Å²) in [6.45, 7) is 0. The molecule has 3 fully saturated rings. The van der Waals surface area contributed by atoms with Crippen LogP contribution in [0.25, 0.3) is 0 Å². The molecular weight excluding hydrogens is 294 g/mol. The van der Waals surface area contributed by atoms with Crippen LogP contribution in [0.5, 0.6) is 0 Å². The fourth-order valence-electron chi connectivity index (χ4n) is 4.30. The Morgan fingerprint density at radius 2 is 1.62 bits per heavy atom. The van der Waals surface area contributed by atoms with E-state index in [4.69, 9.17) is 11.6 Å². The second-order valence-electron chi connectivity index (χ2n) is 6.09. The number of halogens is 1. The summed E-state index contributed by atoms with van der Waals surface area (Å²) >= 11 is 5.93. The molecule has 6 atom stereocenters. The zero-order valence-electron chi connectivity index (χ0n) is 11.0. The SMILES string of the molecule is O=C1[C@@H]2[C@H]3C[C@@H]([C@H](O)[C@H]3O)[C@H]2C(=O)N1c1cccc(Cl)c1. The van der Waals surface area contributed by atoms with Crippen molar-refractivity contribution >= 4 is 29.1 Å². The van der Waals surface area contributed by atoms with E-state index in [1.165, 1.54) is 0 Å². The molecule has 3 aliphatic rings. The van der Waals surface area contributed by atoms with Crippen LogP contribution in [0.2, 0.25) is 5.02 Å². The van der Waals surface area contributed by atoms with Gasteiger partial charge in [0, 0.05) is 16.9 Å². The van der Waals surface area contributed by atoms with E-state index in [1.54, 1.807) is 24.3 Å². The highest BCUT2D eigenvalue weighted by Crippen LogP contribution is 2.56. The zero-order valence-corrected chi connectivity index (χ0v) is 11.8. The van der Waals surface area contributed by atoms with Gasteiger partial charge in [-0.1, -0.05) is 17.7 Å². The average molecular weight is 308 g/mol. The Morgan fingerprint density at radius 3 is 2.14 bits per heavy atom. The number of aliphatic hydroxyl groups excluding tert-OH is 2. The maximum absolute atomic E-state index is 12.6. The van der Waals surface area contributed by atoms with Crippen molar-refractivity contribution in [2.75, 3.05) is 4.90 Å². The molecule has 1 aromatic rings. The van der Waals surface area contributed by atoms with E-state index in [0.29, 0.717) is 17.1 Å². The lowest BCUT2D eigenvalue weighted by Gasteiger charge is -2.29.